The van der Waals surface area contributed by atoms with E-state index in [4.69, 9.17) is 20.4 Å². The highest BCUT2D eigenvalue weighted by atomic mass is 16.7. The molecule has 0 aromatic heterocycles. The maximum atomic E-state index is 9.15. The lowest BCUT2D eigenvalue weighted by molar-refractivity contribution is -0.202. The fourth-order valence-corrected chi connectivity index (χ4v) is 1.06. The van der Waals surface area contributed by atoms with Crippen molar-refractivity contribution in [1.82, 2.24) is 0 Å². The highest BCUT2D eigenvalue weighted by Crippen LogP contribution is 2.22. The molecule has 1 heterocycles. The fourth-order valence-electron chi connectivity index (χ4n) is 1.06. The van der Waals surface area contributed by atoms with E-state index in [1.54, 1.807) is 0 Å². The van der Waals surface area contributed by atoms with Crippen LogP contribution in [0.2, 0.25) is 0 Å². The second-order valence-corrected chi connectivity index (χ2v) is 2.60. The SMILES string of the molecule is COC(O)C1O[C@H](O)[C@H](O)[C@H]1O. The third kappa shape index (κ3) is 1.58. The van der Waals surface area contributed by atoms with Crippen molar-refractivity contribution in [3.8, 4) is 0 Å². The number of methoxy groups -OCH3 is 1. The van der Waals surface area contributed by atoms with Gasteiger partial charge in [0.15, 0.2) is 12.6 Å². The van der Waals surface area contributed by atoms with Crippen LogP contribution >= 0.6 is 0 Å². The molecule has 1 saturated heterocycles. The molecule has 72 valence electrons. The maximum absolute atomic E-state index is 9.15. The van der Waals surface area contributed by atoms with Crippen molar-refractivity contribution in [1.29, 1.82) is 0 Å². The third-order valence-corrected chi connectivity index (χ3v) is 1.80. The van der Waals surface area contributed by atoms with Gasteiger partial charge in [0.1, 0.15) is 18.3 Å². The Morgan fingerprint density at radius 1 is 1.25 bits per heavy atom. The molecule has 0 amide bonds. The van der Waals surface area contributed by atoms with Gasteiger partial charge >= 0.3 is 0 Å². The maximum Gasteiger partial charge on any atom is 0.184 e. The second-order valence-electron chi connectivity index (χ2n) is 2.60. The van der Waals surface area contributed by atoms with Crippen LogP contribution in [0.15, 0.2) is 0 Å². The van der Waals surface area contributed by atoms with Gasteiger partial charge in [-0.3, -0.25) is 0 Å². The molecular formula is C6H12O6. The monoisotopic (exact) mass is 180 g/mol. The van der Waals surface area contributed by atoms with Gasteiger partial charge in [0.25, 0.3) is 0 Å². The van der Waals surface area contributed by atoms with Crippen LogP contribution in [0.1, 0.15) is 0 Å². The predicted molar refractivity (Wildman–Crippen MR) is 35.9 cm³/mol. The largest absolute Gasteiger partial charge is 0.387 e. The molecule has 2 unspecified atom stereocenters. The standard InChI is InChI=1S/C6H12O6/c1-11-6(10)4-2(7)3(8)5(9)12-4/h2-10H,1H3/t2-,3-,4?,5+,6?/m1/s1. The molecular weight excluding hydrogens is 168 g/mol. The number of aliphatic hydroxyl groups is 4. The van der Waals surface area contributed by atoms with Crippen LogP contribution in [0.4, 0.5) is 0 Å². The van der Waals surface area contributed by atoms with Gasteiger partial charge in [-0.05, 0) is 0 Å². The second kappa shape index (κ2) is 3.65. The molecule has 12 heavy (non-hydrogen) atoms. The van der Waals surface area contributed by atoms with Crippen LogP contribution in [0.5, 0.6) is 0 Å². The molecule has 6 heteroatoms. The number of hydrogen-bond acceptors (Lipinski definition) is 6. The molecule has 4 N–H and O–H groups in total. The Bertz CT molecular complexity index is 151. The Balaban J connectivity index is 2.58. The molecule has 0 spiro atoms. The summed E-state index contributed by atoms with van der Waals surface area (Å²) < 4.78 is 9.07. The molecule has 1 fully saturated rings. The summed E-state index contributed by atoms with van der Waals surface area (Å²) in [5, 5.41) is 36.1. The molecule has 0 radical (unpaired) electrons. The molecule has 1 aliphatic rings. The Morgan fingerprint density at radius 3 is 2.17 bits per heavy atom. The van der Waals surface area contributed by atoms with E-state index in [9.17, 15) is 0 Å². The summed E-state index contributed by atoms with van der Waals surface area (Å²) >= 11 is 0. The first-order valence-corrected chi connectivity index (χ1v) is 3.48. The van der Waals surface area contributed by atoms with E-state index >= 15 is 0 Å². The molecule has 0 aliphatic carbocycles. The van der Waals surface area contributed by atoms with Crippen molar-refractivity contribution in [2.45, 2.75) is 30.9 Å². The molecule has 0 bridgehead atoms. The topological polar surface area (TPSA) is 99.4 Å². The Kier molecular flexibility index (Phi) is 2.99. The normalized spacial score (nSPS) is 44.8. The van der Waals surface area contributed by atoms with Crippen LogP contribution in [0.3, 0.4) is 0 Å². The van der Waals surface area contributed by atoms with Gasteiger partial charge in [-0.25, -0.2) is 0 Å². The molecule has 0 aromatic carbocycles. The summed E-state index contributed by atoms with van der Waals surface area (Å²) in [5.41, 5.74) is 0. The predicted octanol–water partition coefficient (Wildman–Crippen LogP) is -2.61. The van der Waals surface area contributed by atoms with Crippen LogP contribution < -0.4 is 0 Å². The molecule has 1 aliphatic heterocycles. The van der Waals surface area contributed by atoms with Crippen LogP contribution in [-0.2, 0) is 9.47 Å². The summed E-state index contributed by atoms with van der Waals surface area (Å²) in [4.78, 5) is 0. The lowest BCUT2D eigenvalue weighted by Crippen LogP contribution is -2.39. The molecule has 5 atom stereocenters. The lowest BCUT2D eigenvalue weighted by Gasteiger charge is -2.18. The minimum absolute atomic E-state index is 1.11. The van der Waals surface area contributed by atoms with Crippen molar-refractivity contribution in [3.05, 3.63) is 0 Å². The first-order valence-electron chi connectivity index (χ1n) is 3.48. The Hall–Kier alpha value is -0.240. The highest BCUT2D eigenvalue weighted by molar-refractivity contribution is 4.87. The summed E-state index contributed by atoms with van der Waals surface area (Å²) in [6.07, 6.45) is -6.68. The van der Waals surface area contributed by atoms with E-state index in [1.807, 2.05) is 0 Å². The van der Waals surface area contributed by atoms with Gasteiger partial charge < -0.3 is 29.9 Å². The van der Waals surface area contributed by atoms with E-state index in [2.05, 4.69) is 9.47 Å². The van der Waals surface area contributed by atoms with Crippen LogP contribution in [0.25, 0.3) is 0 Å². The number of aliphatic hydroxyl groups excluding tert-OH is 4. The average Bonchev–Trinajstić information content (AvgIpc) is 2.32. The first kappa shape index (κ1) is 9.85. The zero-order chi connectivity index (χ0) is 9.30. The van der Waals surface area contributed by atoms with Crippen molar-refractivity contribution in [3.63, 3.8) is 0 Å². The van der Waals surface area contributed by atoms with Crippen molar-refractivity contribution in [2.75, 3.05) is 7.11 Å². The first-order chi connectivity index (χ1) is 5.57. The summed E-state index contributed by atoms with van der Waals surface area (Å²) in [7, 11) is 1.22. The van der Waals surface area contributed by atoms with E-state index < -0.39 is 30.9 Å². The van der Waals surface area contributed by atoms with Crippen molar-refractivity contribution < 1.29 is 29.9 Å². The van der Waals surface area contributed by atoms with Gasteiger partial charge in [0.2, 0.25) is 0 Å². The number of hydrogen-bond donors (Lipinski definition) is 4. The molecule has 6 nitrogen and oxygen atoms in total. The van der Waals surface area contributed by atoms with E-state index in [-0.39, 0.29) is 0 Å². The number of rotatable bonds is 2. The molecule has 0 saturated carbocycles. The molecule has 0 aromatic rings. The van der Waals surface area contributed by atoms with E-state index in [0.29, 0.717) is 0 Å². The van der Waals surface area contributed by atoms with Gasteiger partial charge in [0.05, 0.1) is 0 Å². The van der Waals surface area contributed by atoms with Gasteiger partial charge in [-0.2, -0.15) is 0 Å². The average molecular weight is 180 g/mol. The fraction of sp³-hybridized carbons (Fsp3) is 1.00. The smallest absolute Gasteiger partial charge is 0.184 e. The third-order valence-electron chi connectivity index (χ3n) is 1.80. The zero-order valence-electron chi connectivity index (χ0n) is 6.49. The van der Waals surface area contributed by atoms with E-state index in [1.165, 1.54) is 7.11 Å². The van der Waals surface area contributed by atoms with Crippen LogP contribution in [0, 0.1) is 0 Å². The minimum atomic E-state index is -1.48. The minimum Gasteiger partial charge on any atom is -0.387 e. The van der Waals surface area contributed by atoms with Gasteiger partial charge in [-0.15, -0.1) is 0 Å². The van der Waals surface area contributed by atoms with Gasteiger partial charge in [-0.1, -0.05) is 0 Å². The van der Waals surface area contributed by atoms with Crippen molar-refractivity contribution >= 4 is 0 Å². The lowest BCUT2D eigenvalue weighted by atomic mass is 10.1. The zero-order valence-corrected chi connectivity index (χ0v) is 6.49. The summed E-state index contributed by atoms with van der Waals surface area (Å²) in [5.74, 6) is 0. The van der Waals surface area contributed by atoms with Gasteiger partial charge in [0, 0.05) is 7.11 Å². The Labute approximate surface area is 69.0 Å². The highest BCUT2D eigenvalue weighted by Gasteiger charge is 2.45. The Morgan fingerprint density at radius 2 is 1.83 bits per heavy atom. The van der Waals surface area contributed by atoms with Crippen LogP contribution in [-0.4, -0.2) is 58.4 Å². The summed E-state index contributed by atoms with van der Waals surface area (Å²) in [6, 6.07) is 0. The number of ether oxygens (including phenoxy) is 2. The van der Waals surface area contributed by atoms with E-state index in [0.717, 1.165) is 0 Å². The summed E-state index contributed by atoms with van der Waals surface area (Å²) in [6.45, 7) is 0. The van der Waals surface area contributed by atoms with Crippen molar-refractivity contribution in [2.24, 2.45) is 0 Å². The molecule has 1 rings (SSSR count). The quantitative estimate of drug-likeness (QED) is 0.347.